The van der Waals surface area contributed by atoms with E-state index in [1.807, 2.05) is 0 Å². The van der Waals surface area contributed by atoms with Crippen LogP contribution in [0.2, 0.25) is 0 Å². The Hall–Kier alpha value is -3.99. The molecule has 130 valence electrons. The highest BCUT2D eigenvalue weighted by molar-refractivity contribution is 6.09. The highest BCUT2D eigenvalue weighted by atomic mass is 16.6. The van der Waals surface area contributed by atoms with Crippen molar-refractivity contribution >= 4 is 29.3 Å². The predicted octanol–water partition coefficient (Wildman–Crippen LogP) is 2.93. The summed E-state index contributed by atoms with van der Waals surface area (Å²) in [6, 6.07) is 13.2. The molecule has 0 fully saturated rings. The fourth-order valence-electron chi connectivity index (χ4n) is 2.01. The number of rotatable bonds is 5. The summed E-state index contributed by atoms with van der Waals surface area (Å²) in [5, 5.41) is 22.3. The van der Waals surface area contributed by atoms with Crippen LogP contribution in [0.4, 0.5) is 11.4 Å². The average Bonchev–Trinajstić information content (AvgIpc) is 2.66. The number of nitro groups is 1. The maximum atomic E-state index is 12.2. The number of nitro benzene ring substituents is 1. The number of non-ortho nitro benzene ring substituents is 1. The van der Waals surface area contributed by atoms with Gasteiger partial charge in [0.15, 0.2) is 0 Å². The molecule has 0 aliphatic carbocycles. The van der Waals surface area contributed by atoms with Gasteiger partial charge >= 0.3 is 5.97 Å². The van der Waals surface area contributed by atoms with Gasteiger partial charge in [0.05, 0.1) is 17.6 Å². The number of anilines is 1. The zero-order chi connectivity index (χ0) is 19.1. The highest BCUT2D eigenvalue weighted by Crippen LogP contribution is 2.16. The van der Waals surface area contributed by atoms with Crippen LogP contribution in [0.25, 0.3) is 6.08 Å². The number of methoxy groups -OCH3 is 1. The lowest BCUT2D eigenvalue weighted by Gasteiger charge is -2.05. The van der Waals surface area contributed by atoms with Crippen LogP contribution in [-0.4, -0.2) is 23.9 Å². The fraction of sp³-hybridized carbons (Fsp3) is 0.0556. The summed E-state index contributed by atoms with van der Waals surface area (Å²) >= 11 is 0. The Morgan fingerprint density at radius 1 is 1.15 bits per heavy atom. The van der Waals surface area contributed by atoms with Crippen LogP contribution in [0.3, 0.4) is 0 Å². The van der Waals surface area contributed by atoms with Gasteiger partial charge in [-0.1, -0.05) is 0 Å². The number of nitrogens with one attached hydrogen (secondary N) is 1. The topological polar surface area (TPSA) is 122 Å². The molecule has 0 unspecified atom stereocenters. The van der Waals surface area contributed by atoms with Crippen molar-refractivity contribution in [3.05, 3.63) is 75.3 Å². The van der Waals surface area contributed by atoms with Gasteiger partial charge in [0, 0.05) is 17.8 Å². The largest absolute Gasteiger partial charge is 0.465 e. The van der Waals surface area contributed by atoms with Gasteiger partial charge in [0.25, 0.3) is 11.6 Å². The van der Waals surface area contributed by atoms with Crippen LogP contribution in [-0.2, 0) is 9.53 Å². The Morgan fingerprint density at radius 3 is 2.27 bits per heavy atom. The maximum Gasteiger partial charge on any atom is 0.337 e. The summed E-state index contributed by atoms with van der Waals surface area (Å²) in [5.41, 5.74) is 0.940. The van der Waals surface area contributed by atoms with Crippen molar-refractivity contribution in [3.8, 4) is 6.07 Å². The van der Waals surface area contributed by atoms with Crippen molar-refractivity contribution < 1.29 is 19.2 Å². The van der Waals surface area contributed by atoms with E-state index >= 15 is 0 Å². The first-order valence-electron chi connectivity index (χ1n) is 7.30. The van der Waals surface area contributed by atoms with E-state index in [1.54, 1.807) is 6.07 Å². The smallest absolute Gasteiger partial charge is 0.337 e. The van der Waals surface area contributed by atoms with E-state index in [4.69, 9.17) is 0 Å². The van der Waals surface area contributed by atoms with Gasteiger partial charge < -0.3 is 10.1 Å². The first-order chi connectivity index (χ1) is 12.4. The molecule has 0 heterocycles. The number of hydrogen-bond donors (Lipinski definition) is 1. The van der Waals surface area contributed by atoms with Gasteiger partial charge in [-0.25, -0.2) is 4.79 Å². The molecule has 0 atom stereocenters. The van der Waals surface area contributed by atoms with Gasteiger partial charge in [-0.3, -0.25) is 14.9 Å². The number of benzene rings is 2. The molecule has 0 spiro atoms. The first-order valence-corrected chi connectivity index (χ1v) is 7.30. The minimum absolute atomic E-state index is 0.0872. The Morgan fingerprint density at radius 2 is 1.77 bits per heavy atom. The molecule has 0 aliphatic heterocycles. The molecule has 0 radical (unpaired) electrons. The lowest BCUT2D eigenvalue weighted by molar-refractivity contribution is -0.384. The standard InChI is InChI=1S/C18H13N3O5/c1-26-18(23)13-4-6-15(7-5-13)20-17(22)14(11-19)10-12-2-8-16(9-3-12)21(24)25/h2-10H,1H3,(H,20,22)/b14-10+. The summed E-state index contributed by atoms with van der Waals surface area (Å²) in [7, 11) is 1.26. The van der Waals surface area contributed by atoms with E-state index in [0.717, 1.165) is 0 Å². The van der Waals surface area contributed by atoms with E-state index in [-0.39, 0.29) is 11.3 Å². The van der Waals surface area contributed by atoms with Crippen molar-refractivity contribution in [3.63, 3.8) is 0 Å². The monoisotopic (exact) mass is 351 g/mol. The van der Waals surface area contributed by atoms with Crippen molar-refractivity contribution in [2.75, 3.05) is 12.4 Å². The fourth-order valence-corrected chi connectivity index (χ4v) is 2.01. The molecule has 0 bridgehead atoms. The first kappa shape index (κ1) is 18.4. The number of esters is 1. The SMILES string of the molecule is COC(=O)c1ccc(NC(=O)/C(C#N)=C/c2ccc([N+](=O)[O-])cc2)cc1. The Bertz CT molecular complexity index is 909. The summed E-state index contributed by atoms with van der Waals surface area (Å²) in [5.74, 6) is -1.14. The number of ether oxygens (including phenoxy) is 1. The number of carbonyl (C=O) groups is 2. The number of nitriles is 1. The zero-order valence-electron chi connectivity index (χ0n) is 13.6. The molecule has 0 saturated heterocycles. The lowest BCUT2D eigenvalue weighted by Crippen LogP contribution is -2.13. The molecule has 0 saturated carbocycles. The third kappa shape index (κ3) is 4.52. The van der Waals surface area contributed by atoms with Crippen LogP contribution in [0.5, 0.6) is 0 Å². The second kappa shape index (κ2) is 8.21. The highest BCUT2D eigenvalue weighted by Gasteiger charge is 2.11. The molecular weight excluding hydrogens is 338 g/mol. The Balaban J connectivity index is 2.14. The molecule has 1 N–H and O–H groups in total. The van der Waals surface area contributed by atoms with Crippen molar-refractivity contribution in [2.24, 2.45) is 0 Å². The van der Waals surface area contributed by atoms with Crippen molar-refractivity contribution in [1.29, 1.82) is 5.26 Å². The molecule has 0 aliphatic rings. The summed E-state index contributed by atoms with van der Waals surface area (Å²) in [6.45, 7) is 0. The van der Waals surface area contributed by atoms with Crippen LogP contribution in [0.1, 0.15) is 15.9 Å². The van der Waals surface area contributed by atoms with E-state index in [0.29, 0.717) is 16.8 Å². The quantitative estimate of drug-likeness (QED) is 0.290. The van der Waals surface area contributed by atoms with Crippen LogP contribution < -0.4 is 5.32 Å². The van der Waals surface area contributed by atoms with E-state index < -0.39 is 16.8 Å². The molecule has 26 heavy (non-hydrogen) atoms. The third-order valence-corrected chi connectivity index (χ3v) is 3.34. The number of nitrogens with zero attached hydrogens (tertiary/aromatic N) is 2. The molecule has 2 aromatic rings. The number of carbonyl (C=O) groups excluding carboxylic acids is 2. The van der Waals surface area contributed by atoms with Crippen LogP contribution in [0, 0.1) is 21.4 Å². The Kier molecular flexibility index (Phi) is 5.79. The van der Waals surface area contributed by atoms with Crippen molar-refractivity contribution in [1.82, 2.24) is 0 Å². The van der Waals surface area contributed by atoms with E-state index in [1.165, 1.54) is 61.7 Å². The zero-order valence-corrected chi connectivity index (χ0v) is 13.6. The lowest BCUT2D eigenvalue weighted by atomic mass is 10.1. The molecule has 0 aromatic heterocycles. The average molecular weight is 351 g/mol. The van der Waals surface area contributed by atoms with E-state index in [9.17, 15) is 25.0 Å². The minimum atomic E-state index is -0.642. The van der Waals surface area contributed by atoms with Crippen LogP contribution in [0.15, 0.2) is 54.1 Å². The summed E-state index contributed by atoms with van der Waals surface area (Å²) in [4.78, 5) is 33.7. The van der Waals surface area contributed by atoms with Crippen LogP contribution >= 0.6 is 0 Å². The third-order valence-electron chi connectivity index (χ3n) is 3.34. The molecular formula is C18H13N3O5. The second-order valence-electron chi connectivity index (χ2n) is 5.04. The van der Waals surface area contributed by atoms with Gasteiger partial charge in [-0.05, 0) is 48.0 Å². The van der Waals surface area contributed by atoms with Gasteiger partial charge in [-0.2, -0.15) is 5.26 Å². The maximum absolute atomic E-state index is 12.2. The summed E-state index contributed by atoms with van der Waals surface area (Å²) < 4.78 is 4.58. The number of amides is 1. The van der Waals surface area contributed by atoms with Crippen molar-refractivity contribution in [2.45, 2.75) is 0 Å². The Labute approximate surface area is 148 Å². The summed E-state index contributed by atoms with van der Waals surface area (Å²) in [6.07, 6.45) is 1.32. The molecule has 8 heteroatoms. The molecule has 1 amide bonds. The van der Waals surface area contributed by atoms with Gasteiger partial charge in [0.1, 0.15) is 11.6 Å². The second-order valence-corrected chi connectivity index (χ2v) is 5.04. The minimum Gasteiger partial charge on any atom is -0.465 e. The predicted molar refractivity (Wildman–Crippen MR) is 93.1 cm³/mol. The van der Waals surface area contributed by atoms with Gasteiger partial charge in [-0.15, -0.1) is 0 Å². The molecule has 8 nitrogen and oxygen atoms in total. The normalized spacial score (nSPS) is 10.5. The molecule has 2 rings (SSSR count). The molecule has 2 aromatic carbocycles. The van der Waals surface area contributed by atoms with Gasteiger partial charge in [0.2, 0.25) is 0 Å². The van der Waals surface area contributed by atoms with E-state index in [2.05, 4.69) is 10.1 Å². The number of hydrogen-bond acceptors (Lipinski definition) is 6.